The number of amidine groups is 1. The highest BCUT2D eigenvalue weighted by molar-refractivity contribution is 5.95. The molecule has 1 aliphatic rings. The van der Waals surface area contributed by atoms with Crippen molar-refractivity contribution in [1.29, 1.82) is 5.41 Å². The number of carbonyl (C=O) groups excluding carboxylic acids is 1. The molecule has 1 atom stereocenters. The summed E-state index contributed by atoms with van der Waals surface area (Å²) in [5.41, 5.74) is 7.83. The van der Waals surface area contributed by atoms with Crippen LogP contribution >= 0.6 is 0 Å². The van der Waals surface area contributed by atoms with E-state index in [1.807, 2.05) is 41.9 Å². The first-order valence-electron chi connectivity index (χ1n) is 11.5. The SMILES string of the molecule is CN(C(=O)O)C(C)(C(=O)N1CCCC1)c1ccc2c(c1)nc(CNc1ccc(C(=N)N)cc1)n2C. The molecular formula is C25H31N7O3. The predicted octanol–water partition coefficient (Wildman–Crippen LogP) is 2.92. The van der Waals surface area contributed by atoms with E-state index in [-0.39, 0.29) is 11.7 Å². The minimum absolute atomic E-state index is 0.0199. The van der Waals surface area contributed by atoms with E-state index in [1.165, 1.54) is 7.05 Å². The number of carbonyl (C=O) groups is 2. The number of hydrogen-bond donors (Lipinski definition) is 4. The van der Waals surface area contributed by atoms with Gasteiger partial charge in [-0.1, -0.05) is 6.07 Å². The Labute approximate surface area is 203 Å². The molecule has 0 spiro atoms. The van der Waals surface area contributed by atoms with Crippen molar-refractivity contribution in [2.75, 3.05) is 25.5 Å². The van der Waals surface area contributed by atoms with Crippen LogP contribution in [0.1, 0.15) is 36.7 Å². The van der Waals surface area contributed by atoms with Crippen LogP contribution in [-0.2, 0) is 23.9 Å². The van der Waals surface area contributed by atoms with Crippen molar-refractivity contribution in [1.82, 2.24) is 19.4 Å². The molecule has 10 nitrogen and oxygen atoms in total. The maximum Gasteiger partial charge on any atom is 0.408 e. The Balaban J connectivity index is 1.64. The average Bonchev–Trinajstić information content (AvgIpc) is 3.49. The van der Waals surface area contributed by atoms with Gasteiger partial charge in [0.05, 0.1) is 17.6 Å². The zero-order valence-electron chi connectivity index (χ0n) is 20.2. The van der Waals surface area contributed by atoms with Gasteiger partial charge in [-0.15, -0.1) is 0 Å². The van der Waals surface area contributed by atoms with Crippen LogP contribution < -0.4 is 11.1 Å². The van der Waals surface area contributed by atoms with E-state index in [1.54, 1.807) is 24.0 Å². The van der Waals surface area contributed by atoms with Crippen molar-refractivity contribution in [2.45, 2.75) is 31.8 Å². The second-order valence-electron chi connectivity index (χ2n) is 9.05. The monoisotopic (exact) mass is 477 g/mol. The Kier molecular flexibility index (Phi) is 6.38. The summed E-state index contributed by atoms with van der Waals surface area (Å²) in [7, 11) is 3.36. The third kappa shape index (κ3) is 4.39. The Hall–Kier alpha value is -4.08. The quantitative estimate of drug-likeness (QED) is 0.305. The number of likely N-dealkylation sites (N-methyl/N-ethyl adjacent to an activating group) is 1. The Morgan fingerprint density at radius 2 is 1.86 bits per heavy atom. The van der Waals surface area contributed by atoms with Gasteiger partial charge in [-0.2, -0.15) is 0 Å². The number of hydrogen-bond acceptors (Lipinski definition) is 5. The van der Waals surface area contributed by atoms with Crippen LogP contribution in [0.25, 0.3) is 11.0 Å². The molecule has 0 radical (unpaired) electrons. The molecular weight excluding hydrogens is 446 g/mol. The molecule has 3 aromatic rings. The molecule has 5 N–H and O–H groups in total. The van der Waals surface area contributed by atoms with Crippen LogP contribution in [0.4, 0.5) is 10.5 Å². The van der Waals surface area contributed by atoms with Crippen molar-refractivity contribution in [2.24, 2.45) is 12.8 Å². The molecule has 4 rings (SSSR count). The number of nitrogen functional groups attached to an aromatic ring is 1. The second kappa shape index (κ2) is 9.28. The number of amides is 2. The van der Waals surface area contributed by atoms with Crippen LogP contribution in [0.2, 0.25) is 0 Å². The van der Waals surface area contributed by atoms with Gasteiger partial charge in [0.25, 0.3) is 5.91 Å². The van der Waals surface area contributed by atoms with E-state index >= 15 is 0 Å². The number of nitrogens with zero attached hydrogens (tertiary/aromatic N) is 4. The van der Waals surface area contributed by atoms with Gasteiger partial charge in [0, 0.05) is 38.4 Å². The summed E-state index contributed by atoms with van der Waals surface area (Å²) in [6, 6.07) is 12.8. The summed E-state index contributed by atoms with van der Waals surface area (Å²) in [6.45, 7) is 3.39. The normalized spacial score (nSPS) is 15.1. The molecule has 0 aliphatic carbocycles. The zero-order chi connectivity index (χ0) is 25.3. The Morgan fingerprint density at radius 1 is 1.20 bits per heavy atom. The van der Waals surface area contributed by atoms with Crippen LogP contribution in [0.5, 0.6) is 0 Å². The number of imidazole rings is 1. The van der Waals surface area contributed by atoms with Gasteiger partial charge in [-0.25, -0.2) is 9.78 Å². The average molecular weight is 478 g/mol. The number of aryl methyl sites for hydroxylation is 1. The fourth-order valence-electron chi connectivity index (χ4n) is 4.54. The lowest BCUT2D eigenvalue weighted by Gasteiger charge is -2.38. The molecule has 1 unspecified atom stereocenters. The van der Waals surface area contributed by atoms with Crippen molar-refractivity contribution in [3.8, 4) is 0 Å². The Morgan fingerprint density at radius 3 is 2.46 bits per heavy atom. The topological polar surface area (TPSA) is 141 Å². The molecule has 2 aromatic carbocycles. The predicted molar refractivity (Wildman–Crippen MR) is 134 cm³/mol. The van der Waals surface area contributed by atoms with Crippen LogP contribution in [0.3, 0.4) is 0 Å². The molecule has 184 valence electrons. The standard InChI is InChI=1S/C25H31N7O3/c1-25(31(3)24(34)35,23(33)32-12-4-5-13-32)17-8-11-20-19(14-17)29-21(30(20)2)15-28-18-9-6-16(7-10-18)22(26)27/h6-11,14,28H,4-5,12-13,15H2,1-3H3,(H3,26,27)(H,34,35). The largest absolute Gasteiger partial charge is 0.465 e. The number of anilines is 1. The fraction of sp³-hybridized carbons (Fsp3) is 0.360. The highest BCUT2D eigenvalue weighted by Gasteiger charge is 2.45. The summed E-state index contributed by atoms with van der Waals surface area (Å²) in [6.07, 6.45) is 0.680. The van der Waals surface area contributed by atoms with Crippen LogP contribution in [0, 0.1) is 5.41 Å². The number of carboxylic acid groups (broad SMARTS) is 1. The molecule has 0 bridgehead atoms. The highest BCUT2D eigenvalue weighted by atomic mass is 16.4. The lowest BCUT2D eigenvalue weighted by molar-refractivity contribution is -0.141. The molecule has 1 aliphatic heterocycles. The van der Waals surface area contributed by atoms with E-state index in [0.29, 0.717) is 36.3 Å². The van der Waals surface area contributed by atoms with E-state index < -0.39 is 11.6 Å². The number of aromatic nitrogens is 2. The van der Waals surface area contributed by atoms with E-state index in [0.717, 1.165) is 34.8 Å². The summed E-state index contributed by atoms with van der Waals surface area (Å²) in [5, 5.41) is 20.6. The maximum atomic E-state index is 13.5. The van der Waals surface area contributed by atoms with Crippen molar-refractivity contribution >= 4 is 34.6 Å². The van der Waals surface area contributed by atoms with E-state index in [9.17, 15) is 14.7 Å². The molecule has 1 fully saturated rings. The zero-order valence-corrected chi connectivity index (χ0v) is 20.2. The number of nitrogens with one attached hydrogen (secondary N) is 2. The lowest BCUT2D eigenvalue weighted by atomic mass is 9.88. The van der Waals surface area contributed by atoms with Gasteiger partial charge in [-0.05, 0) is 61.7 Å². The minimum atomic E-state index is -1.36. The molecule has 10 heteroatoms. The van der Waals surface area contributed by atoms with Gasteiger partial charge in [-0.3, -0.25) is 15.1 Å². The molecule has 2 amide bonds. The van der Waals surface area contributed by atoms with E-state index in [2.05, 4.69) is 5.32 Å². The first-order chi connectivity index (χ1) is 16.6. The molecule has 1 saturated heterocycles. The number of likely N-dealkylation sites (tertiary alicyclic amines) is 1. The fourth-order valence-corrected chi connectivity index (χ4v) is 4.54. The van der Waals surface area contributed by atoms with Crippen molar-refractivity contribution in [3.05, 3.63) is 59.4 Å². The van der Waals surface area contributed by atoms with Gasteiger partial charge in [0.1, 0.15) is 17.2 Å². The summed E-state index contributed by atoms with van der Waals surface area (Å²) < 4.78 is 1.97. The number of benzene rings is 2. The first kappa shape index (κ1) is 24.1. The van der Waals surface area contributed by atoms with Gasteiger partial charge >= 0.3 is 6.09 Å². The summed E-state index contributed by atoms with van der Waals surface area (Å²) in [5.74, 6) is 0.587. The summed E-state index contributed by atoms with van der Waals surface area (Å²) in [4.78, 5) is 33.1. The summed E-state index contributed by atoms with van der Waals surface area (Å²) >= 11 is 0. The molecule has 2 heterocycles. The highest BCUT2D eigenvalue weighted by Crippen LogP contribution is 2.33. The third-order valence-electron chi connectivity index (χ3n) is 6.95. The van der Waals surface area contributed by atoms with E-state index in [4.69, 9.17) is 16.1 Å². The molecule has 0 saturated carbocycles. The lowest BCUT2D eigenvalue weighted by Crippen LogP contribution is -2.55. The Bertz CT molecular complexity index is 1280. The van der Waals surface area contributed by atoms with Crippen LogP contribution in [-0.4, -0.2) is 62.4 Å². The van der Waals surface area contributed by atoms with Gasteiger partial charge < -0.3 is 25.6 Å². The maximum absolute atomic E-state index is 13.5. The third-order valence-corrected chi connectivity index (χ3v) is 6.95. The minimum Gasteiger partial charge on any atom is -0.465 e. The van der Waals surface area contributed by atoms with Gasteiger partial charge in [0.2, 0.25) is 0 Å². The first-order valence-corrected chi connectivity index (χ1v) is 11.5. The molecule has 1 aromatic heterocycles. The number of nitrogens with two attached hydrogens (primary N) is 1. The van der Waals surface area contributed by atoms with Crippen molar-refractivity contribution < 1.29 is 14.7 Å². The van der Waals surface area contributed by atoms with Gasteiger partial charge in [0.15, 0.2) is 0 Å². The van der Waals surface area contributed by atoms with Crippen LogP contribution in [0.15, 0.2) is 42.5 Å². The smallest absolute Gasteiger partial charge is 0.408 e. The van der Waals surface area contributed by atoms with Crippen molar-refractivity contribution in [3.63, 3.8) is 0 Å². The second-order valence-corrected chi connectivity index (χ2v) is 9.05. The molecule has 35 heavy (non-hydrogen) atoms. The number of fused-ring (bicyclic) bond motifs is 1. The number of rotatable bonds is 7.